The summed E-state index contributed by atoms with van der Waals surface area (Å²) in [5.74, 6) is 0.929. The number of aryl methyl sites for hydroxylation is 1. The Morgan fingerprint density at radius 3 is 2.43 bits per heavy atom. The van der Waals surface area contributed by atoms with Crippen molar-refractivity contribution in [2.24, 2.45) is 16.1 Å². The zero-order valence-corrected chi connectivity index (χ0v) is 19.3. The highest BCUT2D eigenvalue weighted by Gasteiger charge is 2.14. The zero-order chi connectivity index (χ0) is 21.4. The standard InChI is InChI=1S/C27H43N3/c1-24(30(3)23-22-26-17-11-7-12-18-26)20-21-27(29-28-2)19-13-5-4-8-14-25-15-9-6-10-16-25/h6,9-10,15-16,26H,1-2,4-5,7-8,11-14,17-23H2,3H3/b29-27+. The van der Waals surface area contributed by atoms with Gasteiger partial charge in [-0.25, -0.2) is 0 Å². The Morgan fingerprint density at radius 2 is 1.70 bits per heavy atom. The lowest BCUT2D eigenvalue weighted by Gasteiger charge is -2.27. The Bertz CT molecular complexity index is 629. The van der Waals surface area contributed by atoms with Gasteiger partial charge in [0.05, 0.1) is 0 Å². The summed E-state index contributed by atoms with van der Waals surface area (Å²) in [6, 6.07) is 10.8. The van der Waals surface area contributed by atoms with E-state index < -0.39 is 0 Å². The molecule has 0 N–H and O–H groups in total. The van der Waals surface area contributed by atoms with Crippen molar-refractivity contribution < 1.29 is 0 Å². The molecule has 0 aromatic heterocycles. The molecule has 0 heterocycles. The minimum atomic E-state index is 0.929. The van der Waals surface area contributed by atoms with Gasteiger partial charge in [-0.15, -0.1) is 0 Å². The summed E-state index contributed by atoms with van der Waals surface area (Å²) >= 11 is 0. The van der Waals surface area contributed by atoms with Gasteiger partial charge in [-0.2, -0.15) is 10.2 Å². The van der Waals surface area contributed by atoms with E-state index in [9.17, 15) is 0 Å². The van der Waals surface area contributed by atoms with Crippen LogP contribution in [0.1, 0.15) is 89.0 Å². The van der Waals surface area contributed by atoms with E-state index in [1.807, 2.05) is 0 Å². The van der Waals surface area contributed by atoms with Crippen LogP contribution in [-0.2, 0) is 6.42 Å². The lowest BCUT2D eigenvalue weighted by atomic mass is 9.87. The highest BCUT2D eigenvalue weighted by molar-refractivity contribution is 5.84. The van der Waals surface area contributed by atoms with Crippen LogP contribution < -0.4 is 0 Å². The average molecular weight is 410 g/mol. The number of rotatable bonds is 15. The van der Waals surface area contributed by atoms with Crippen LogP contribution in [0.2, 0.25) is 0 Å². The van der Waals surface area contributed by atoms with Gasteiger partial charge < -0.3 is 4.90 Å². The SMILES string of the molecule is C=N/N=C(\CCCCCCc1ccccc1)CCC(=C)N(C)CCC1CCCCC1. The van der Waals surface area contributed by atoms with Crippen molar-refractivity contribution >= 4 is 12.4 Å². The third kappa shape index (κ3) is 10.2. The molecule has 1 aliphatic rings. The molecule has 1 saturated carbocycles. The molecule has 1 aromatic carbocycles. The average Bonchev–Trinajstić information content (AvgIpc) is 2.79. The van der Waals surface area contributed by atoms with E-state index in [-0.39, 0.29) is 0 Å². The summed E-state index contributed by atoms with van der Waals surface area (Å²) in [6.07, 6.45) is 17.6. The molecule has 166 valence electrons. The molecule has 0 unspecified atom stereocenters. The van der Waals surface area contributed by atoms with E-state index >= 15 is 0 Å². The Morgan fingerprint density at radius 1 is 0.967 bits per heavy atom. The monoisotopic (exact) mass is 409 g/mol. The zero-order valence-electron chi connectivity index (χ0n) is 19.3. The molecule has 1 aromatic rings. The Labute approximate surface area is 185 Å². The highest BCUT2D eigenvalue weighted by Crippen LogP contribution is 2.26. The van der Waals surface area contributed by atoms with Crippen LogP contribution in [0.25, 0.3) is 0 Å². The van der Waals surface area contributed by atoms with Crippen LogP contribution in [0.5, 0.6) is 0 Å². The fourth-order valence-corrected chi connectivity index (χ4v) is 4.47. The van der Waals surface area contributed by atoms with Crippen LogP contribution in [0.4, 0.5) is 0 Å². The molecule has 0 saturated heterocycles. The first-order chi connectivity index (χ1) is 14.7. The van der Waals surface area contributed by atoms with Crippen LogP contribution >= 0.6 is 0 Å². The molecule has 30 heavy (non-hydrogen) atoms. The molecule has 1 aliphatic carbocycles. The molecule has 2 rings (SSSR count). The fourth-order valence-electron chi connectivity index (χ4n) is 4.47. The Hall–Kier alpha value is -1.90. The van der Waals surface area contributed by atoms with Gasteiger partial charge in [-0.05, 0) is 56.4 Å². The van der Waals surface area contributed by atoms with Gasteiger partial charge in [0.15, 0.2) is 0 Å². The van der Waals surface area contributed by atoms with Crippen LogP contribution in [0.3, 0.4) is 0 Å². The molecular weight excluding hydrogens is 366 g/mol. The minimum absolute atomic E-state index is 0.929. The van der Waals surface area contributed by atoms with Crippen molar-refractivity contribution in [2.75, 3.05) is 13.6 Å². The number of nitrogens with zero attached hydrogens (tertiary/aromatic N) is 3. The van der Waals surface area contributed by atoms with Crippen molar-refractivity contribution in [3.63, 3.8) is 0 Å². The van der Waals surface area contributed by atoms with Crippen LogP contribution in [-0.4, -0.2) is 30.9 Å². The van der Waals surface area contributed by atoms with Gasteiger partial charge in [0.2, 0.25) is 0 Å². The largest absolute Gasteiger partial charge is 0.378 e. The molecule has 3 nitrogen and oxygen atoms in total. The summed E-state index contributed by atoms with van der Waals surface area (Å²) < 4.78 is 0. The number of benzene rings is 1. The van der Waals surface area contributed by atoms with Crippen molar-refractivity contribution in [1.29, 1.82) is 0 Å². The number of allylic oxidation sites excluding steroid dienone is 1. The summed E-state index contributed by atoms with van der Waals surface area (Å²) in [6.45, 7) is 9.03. The van der Waals surface area contributed by atoms with Gasteiger partial charge in [0.1, 0.15) is 0 Å². The minimum Gasteiger partial charge on any atom is -0.378 e. The van der Waals surface area contributed by atoms with Crippen LogP contribution in [0, 0.1) is 5.92 Å². The van der Waals surface area contributed by atoms with E-state index in [0.29, 0.717) is 0 Å². The Balaban J connectivity index is 1.57. The number of hydrogen-bond donors (Lipinski definition) is 0. The lowest BCUT2D eigenvalue weighted by molar-refractivity contribution is 0.291. The molecule has 0 bridgehead atoms. The van der Waals surface area contributed by atoms with E-state index in [1.165, 1.54) is 87.6 Å². The molecule has 0 amide bonds. The first kappa shape index (κ1) is 24.4. The molecule has 3 heteroatoms. The predicted molar refractivity (Wildman–Crippen MR) is 132 cm³/mol. The molecule has 0 radical (unpaired) electrons. The lowest BCUT2D eigenvalue weighted by Crippen LogP contribution is -2.22. The van der Waals surface area contributed by atoms with Crippen molar-refractivity contribution in [3.05, 3.63) is 48.2 Å². The van der Waals surface area contributed by atoms with Crippen molar-refractivity contribution in [2.45, 2.75) is 89.9 Å². The third-order valence-corrected chi connectivity index (χ3v) is 6.58. The summed E-state index contributed by atoms with van der Waals surface area (Å²) in [5.41, 5.74) is 3.85. The van der Waals surface area contributed by atoms with Gasteiger partial charge in [0, 0.05) is 31.7 Å². The van der Waals surface area contributed by atoms with E-state index in [4.69, 9.17) is 0 Å². The summed E-state index contributed by atoms with van der Waals surface area (Å²) in [5, 5.41) is 8.12. The molecular formula is C27H43N3. The first-order valence-corrected chi connectivity index (χ1v) is 12.1. The van der Waals surface area contributed by atoms with Gasteiger partial charge in [-0.3, -0.25) is 0 Å². The van der Waals surface area contributed by atoms with Crippen molar-refractivity contribution in [3.8, 4) is 0 Å². The smallest absolute Gasteiger partial charge is 0.0409 e. The van der Waals surface area contributed by atoms with Gasteiger partial charge in [-0.1, -0.05) is 81.9 Å². The van der Waals surface area contributed by atoms with Crippen LogP contribution in [0.15, 0.2) is 52.8 Å². The maximum Gasteiger partial charge on any atom is 0.0409 e. The maximum absolute atomic E-state index is 4.32. The quantitative estimate of drug-likeness (QED) is 0.168. The molecule has 0 aliphatic heterocycles. The first-order valence-electron chi connectivity index (χ1n) is 12.1. The second-order valence-corrected chi connectivity index (χ2v) is 8.99. The molecule has 0 atom stereocenters. The summed E-state index contributed by atoms with van der Waals surface area (Å²) in [4.78, 5) is 2.36. The van der Waals surface area contributed by atoms with E-state index in [2.05, 4.69) is 65.8 Å². The second kappa shape index (κ2) is 15.0. The predicted octanol–water partition coefficient (Wildman–Crippen LogP) is 7.43. The van der Waals surface area contributed by atoms with E-state index in [1.54, 1.807) is 0 Å². The Kier molecular flexibility index (Phi) is 12.2. The number of hydrogen-bond acceptors (Lipinski definition) is 3. The molecule has 0 spiro atoms. The summed E-state index contributed by atoms with van der Waals surface area (Å²) in [7, 11) is 2.19. The molecule has 1 fully saturated rings. The topological polar surface area (TPSA) is 28.0 Å². The van der Waals surface area contributed by atoms with Gasteiger partial charge in [0.25, 0.3) is 0 Å². The highest BCUT2D eigenvalue weighted by atomic mass is 15.2. The number of unbranched alkanes of at least 4 members (excludes halogenated alkanes) is 3. The third-order valence-electron chi connectivity index (χ3n) is 6.58. The van der Waals surface area contributed by atoms with Gasteiger partial charge >= 0.3 is 0 Å². The maximum atomic E-state index is 4.32. The normalized spacial score (nSPS) is 15.2. The fraction of sp³-hybridized carbons (Fsp3) is 0.630. The van der Waals surface area contributed by atoms with E-state index in [0.717, 1.165) is 31.7 Å². The van der Waals surface area contributed by atoms with Crippen molar-refractivity contribution in [1.82, 2.24) is 4.90 Å². The second-order valence-electron chi connectivity index (χ2n) is 8.99.